The van der Waals surface area contributed by atoms with Crippen molar-refractivity contribution >= 4 is 50.9 Å². The third kappa shape index (κ3) is 3.51. The maximum atomic E-state index is 12.7. The van der Waals surface area contributed by atoms with Gasteiger partial charge < -0.3 is 10.1 Å². The van der Waals surface area contributed by atoms with Gasteiger partial charge in [-0.2, -0.15) is 0 Å². The highest BCUT2D eigenvalue weighted by atomic mass is 79.9. The van der Waals surface area contributed by atoms with E-state index in [0.29, 0.717) is 21.7 Å². The van der Waals surface area contributed by atoms with Crippen LogP contribution in [0, 0.1) is 5.92 Å². The molecule has 1 aliphatic carbocycles. The first-order chi connectivity index (χ1) is 9.95. The number of nitrogens with one attached hydrogen (secondary N) is 1. The van der Waals surface area contributed by atoms with Gasteiger partial charge in [0, 0.05) is 22.3 Å². The number of allylic oxidation sites excluding steroid dienone is 6. The smallest absolute Gasteiger partial charge is 0.181 e. The molecule has 112 valence electrons. The van der Waals surface area contributed by atoms with Gasteiger partial charge in [-0.1, -0.05) is 23.4 Å². The fourth-order valence-electron chi connectivity index (χ4n) is 2.05. The Kier molecular flexibility index (Phi) is 5.48. The summed E-state index contributed by atoms with van der Waals surface area (Å²) >= 11 is 10.7. The topological polar surface area (TPSA) is 55.4 Å². The molecular weight excluding hydrogens is 378 g/mol. The van der Waals surface area contributed by atoms with Crippen LogP contribution in [0.3, 0.4) is 0 Å². The van der Waals surface area contributed by atoms with Gasteiger partial charge in [-0.25, -0.2) is 0 Å². The van der Waals surface area contributed by atoms with Gasteiger partial charge in [0.2, 0.25) is 0 Å². The zero-order valence-electron chi connectivity index (χ0n) is 11.4. The molecule has 2 rings (SSSR count). The molecule has 1 heterocycles. The Hall–Kier alpha value is -0.820. The van der Waals surface area contributed by atoms with Crippen molar-refractivity contribution in [1.29, 1.82) is 0 Å². The minimum absolute atomic E-state index is 0.161. The number of rotatable bonds is 4. The Bertz CT molecular complexity index is 622. The highest BCUT2D eigenvalue weighted by molar-refractivity contribution is 9.11. The lowest BCUT2D eigenvalue weighted by Gasteiger charge is -2.27. The number of ether oxygens (including phenoxy) is 1. The van der Waals surface area contributed by atoms with Gasteiger partial charge in [-0.05, 0) is 41.1 Å². The van der Waals surface area contributed by atoms with E-state index >= 15 is 0 Å². The van der Waals surface area contributed by atoms with Gasteiger partial charge in [-0.15, -0.1) is 0 Å². The average Bonchev–Trinajstić information content (AvgIpc) is 2.57. The molecular formula is C14H13BrClNO3S. The van der Waals surface area contributed by atoms with Gasteiger partial charge in [0.25, 0.3) is 0 Å². The first-order valence-corrected chi connectivity index (χ1v) is 8.24. The zero-order chi connectivity index (χ0) is 15.6. The predicted molar refractivity (Wildman–Crippen MR) is 87.8 cm³/mol. The molecule has 0 fully saturated rings. The lowest BCUT2D eigenvalue weighted by molar-refractivity contribution is -0.121. The summed E-state index contributed by atoms with van der Waals surface area (Å²) in [6.45, 7) is 1.38. The molecule has 0 aromatic rings. The number of hydrogen-bond acceptors (Lipinski definition) is 5. The Morgan fingerprint density at radius 2 is 2.24 bits per heavy atom. The summed E-state index contributed by atoms with van der Waals surface area (Å²) in [6, 6.07) is 0. The van der Waals surface area contributed by atoms with E-state index in [1.165, 1.54) is 18.7 Å². The van der Waals surface area contributed by atoms with Gasteiger partial charge >= 0.3 is 0 Å². The van der Waals surface area contributed by atoms with Crippen LogP contribution >= 0.6 is 39.3 Å². The molecule has 7 heteroatoms. The number of halogens is 2. The maximum Gasteiger partial charge on any atom is 0.181 e. The molecule has 0 bridgehead atoms. The molecule has 0 saturated heterocycles. The lowest BCUT2D eigenvalue weighted by Crippen LogP contribution is -2.35. The van der Waals surface area contributed by atoms with E-state index in [1.807, 2.05) is 0 Å². The molecule has 0 aromatic heterocycles. The second kappa shape index (κ2) is 6.96. The van der Waals surface area contributed by atoms with Crippen LogP contribution in [0.25, 0.3) is 0 Å². The quantitative estimate of drug-likeness (QED) is 0.590. The fraction of sp³-hybridized carbons (Fsp3) is 0.286. The van der Waals surface area contributed by atoms with E-state index in [-0.39, 0.29) is 17.1 Å². The fourth-order valence-corrected chi connectivity index (χ4v) is 3.52. The van der Waals surface area contributed by atoms with Crippen molar-refractivity contribution in [3.63, 3.8) is 0 Å². The summed E-state index contributed by atoms with van der Waals surface area (Å²) in [6.07, 6.45) is 5.10. The number of methoxy groups -OCH3 is 1. The molecule has 0 amide bonds. The average molecular weight is 391 g/mol. The van der Waals surface area contributed by atoms with E-state index in [2.05, 4.69) is 21.2 Å². The molecule has 1 N–H and O–H groups in total. The van der Waals surface area contributed by atoms with Crippen LogP contribution in [0.15, 0.2) is 44.0 Å². The summed E-state index contributed by atoms with van der Waals surface area (Å²) in [5.74, 6) is -0.779. The third-order valence-corrected chi connectivity index (χ3v) is 4.85. The van der Waals surface area contributed by atoms with E-state index in [9.17, 15) is 9.59 Å². The largest absolute Gasteiger partial charge is 0.374 e. The van der Waals surface area contributed by atoms with Crippen molar-refractivity contribution in [2.24, 2.45) is 5.92 Å². The Labute approximate surface area is 140 Å². The van der Waals surface area contributed by atoms with Crippen molar-refractivity contribution < 1.29 is 14.3 Å². The molecule has 1 aliphatic heterocycles. The Balaban J connectivity index is 2.52. The molecule has 2 aliphatic rings. The van der Waals surface area contributed by atoms with Gasteiger partial charge in [0.05, 0.1) is 22.5 Å². The van der Waals surface area contributed by atoms with Crippen LogP contribution < -0.4 is 5.32 Å². The molecule has 0 saturated carbocycles. The van der Waals surface area contributed by atoms with Crippen molar-refractivity contribution in [3.8, 4) is 0 Å². The number of Topliss-reactive ketones (excluding diaryl/α,β-unsaturated/α-hetero) is 2. The summed E-state index contributed by atoms with van der Waals surface area (Å²) in [7, 11) is 1.56. The SMILES string of the molecule is COCSC1=C(C(C)=O)C(=O)C2C=C(Cl)C=CC(Br)=C2N1. The monoisotopic (exact) mass is 389 g/mol. The summed E-state index contributed by atoms with van der Waals surface area (Å²) in [4.78, 5) is 24.5. The number of thioether (sulfide) groups is 1. The molecule has 1 unspecified atom stereocenters. The zero-order valence-corrected chi connectivity index (χ0v) is 14.6. The van der Waals surface area contributed by atoms with Crippen LogP contribution in [0.4, 0.5) is 0 Å². The maximum absolute atomic E-state index is 12.7. The highest BCUT2D eigenvalue weighted by Gasteiger charge is 2.36. The van der Waals surface area contributed by atoms with E-state index in [4.69, 9.17) is 16.3 Å². The second-order valence-corrected chi connectivity index (χ2v) is 6.65. The van der Waals surface area contributed by atoms with Crippen molar-refractivity contribution in [2.75, 3.05) is 13.0 Å². The molecule has 0 radical (unpaired) electrons. The molecule has 21 heavy (non-hydrogen) atoms. The molecule has 4 nitrogen and oxygen atoms in total. The predicted octanol–water partition coefficient (Wildman–Crippen LogP) is 3.21. The first-order valence-electron chi connectivity index (χ1n) is 6.09. The summed E-state index contributed by atoms with van der Waals surface area (Å²) in [5, 5.41) is 4.13. The van der Waals surface area contributed by atoms with Gasteiger partial charge in [-0.3, -0.25) is 9.59 Å². The number of carbonyl (C=O) groups is 2. The standard InChI is InChI=1S/C14H13BrClNO3S/c1-7(18)11-13(19)9-5-8(16)3-4-10(15)12(9)17-14(11)21-6-20-2/h3-5,9,17H,6H2,1-2H3. The van der Waals surface area contributed by atoms with Crippen LogP contribution in [-0.4, -0.2) is 24.6 Å². The van der Waals surface area contributed by atoms with Crippen molar-refractivity contribution in [1.82, 2.24) is 5.32 Å². The van der Waals surface area contributed by atoms with E-state index in [0.717, 1.165) is 4.48 Å². The minimum atomic E-state index is -0.590. The summed E-state index contributed by atoms with van der Waals surface area (Å²) in [5.41, 5.74) is 0.837. The van der Waals surface area contributed by atoms with Crippen molar-refractivity contribution in [2.45, 2.75) is 6.92 Å². The third-order valence-electron chi connectivity index (χ3n) is 2.96. The van der Waals surface area contributed by atoms with Crippen molar-refractivity contribution in [3.05, 3.63) is 44.0 Å². The molecule has 0 aromatic carbocycles. The minimum Gasteiger partial charge on any atom is -0.374 e. The first kappa shape index (κ1) is 16.5. The Morgan fingerprint density at radius 1 is 1.52 bits per heavy atom. The lowest BCUT2D eigenvalue weighted by atomic mass is 9.90. The van der Waals surface area contributed by atoms with Crippen LogP contribution in [0.5, 0.6) is 0 Å². The highest BCUT2D eigenvalue weighted by Crippen LogP contribution is 2.36. The summed E-state index contributed by atoms with van der Waals surface area (Å²) < 4.78 is 5.73. The van der Waals surface area contributed by atoms with Crippen LogP contribution in [0.2, 0.25) is 0 Å². The molecule has 1 atom stereocenters. The number of fused-ring (bicyclic) bond motifs is 1. The van der Waals surface area contributed by atoms with E-state index in [1.54, 1.807) is 25.3 Å². The number of ketones is 2. The van der Waals surface area contributed by atoms with Crippen LogP contribution in [0.1, 0.15) is 6.92 Å². The van der Waals surface area contributed by atoms with E-state index < -0.39 is 5.92 Å². The van der Waals surface area contributed by atoms with Crippen LogP contribution in [-0.2, 0) is 14.3 Å². The normalized spacial score (nSPS) is 21.8. The molecule has 0 spiro atoms. The number of hydrogen-bond donors (Lipinski definition) is 1. The van der Waals surface area contributed by atoms with Gasteiger partial charge in [0.1, 0.15) is 0 Å². The second-order valence-electron chi connectivity index (χ2n) is 4.42. The van der Waals surface area contributed by atoms with Gasteiger partial charge in [0.15, 0.2) is 11.6 Å². The Morgan fingerprint density at radius 3 is 2.86 bits per heavy atom. The number of carbonyl (C=O) groups excluding carboxylic acids is 2.